The molecule has 5 aromatic rings. The maximum absolute atomic E-state index is 15.4. The molecule has 0 aliphatic carbocycles. The molecule has 0 radical (unpaired) electrons. The molecule has 1 N–H and O–H groups in total. The van der Waals surface area contributed by atoms with Gasteiger partial charge in [0.15, 0.2) is 69.8 Å². The van der Waals surface area contributed by atoms with Crippen LogP contribution in [0.25, 0.3) is 0 Å². The monoisotopic (exact) mass is 1120 g/mol. The molecule has 0 aliphatic heterocycles. The summed E-state index contributed by atoms with van der Waals surface area (Å²) < 4.78 is 294. The third-order valence-corrected chi connectivity index (χ3v) is 13.9. The topological polar surface area (TPSA) is 4.44 Å². The van der Waals surface area contributed by atoms with E-state index in [2.05, 4.69) is 45.0 Å². The van der Waals surface area contributed by atoms with Crippen molar-refractivity contribution in [2.45, 2.75) is 149 Å². The quantitative estimate of drug-likeness (QED) is 0.0176. The van der Waals surface area contributed by atoms with Gasteiger partial charge in [-0.15, -0.1) is 21.9 Å². The van der Waals surface area contributed by atoms with Crippen LogP contribution in [-0.2, 0) is 0 Å². The van der Waals surface area contributed by atoms with E-state index < -0.39 is 144 Å². The van der Waals surface area contributed by atoms with E-state index in [1.165, 1.54) is 147 Å². The molecule has 0 saturated carbocycles. The van der Waals surface area contributed by atoms with Crippen molar-refractivity contribution in [3.8, 4) is 0 Å². The summed E-state index contributed by atoms with van der Waals surface area (Å²) >= 11 is 0. The number of halogens is 20. The lowest BCUT2D eigenvalue weighted by atomic mass is 9.12. The highest BCUT2D eigenvalue weighted by Gasteiger charge is 2.52. The summed E-state index contributed by atoms with van der Waals surface area (Å²) in [4.78, 5) is 1.74. The summed E-state index contributed by atoms with van der Waals surface area (Å²) in [6, 6.07) is 9.09. The number of nitrogens with one attached hydrogen (secondary N) is 1. The van der Waals surface area contributed by atoms with E-state index in [0.29, 0.717) is 0 Å². The van der Waals surface area contributed by atoms with Gasteiger partial charge < -0.3 is 4.90 Å². The smallest absolute Gasteiger partial charge is 0.200 e. The van der Waals surface area contributed by atoms with Gasteiger partial charge >= 0.3 is 0 Å². The molecule has 0 saturated heterocycles. The van der Waals surface area contributed by atoms with Gasteiger partial charge in [0.05, 0.1) is 13.1 Å². The fourth-order valence-corrected chi connectivity index (χ4v) is 9.89. The molecular weight excluding hydrogens is 1070 g/mol. The van der Waals surface area contributed by atoms with E-state index in [0.717, 1.165) is 0 Å². The van der Waals surface area contributed by atoms with Gasteiger partial charge in [-0.2, -0.15) is 0 Å². The number of unbranched alkanes of at least 4 members (excludes halogenated alkanes) is 18. The minimum atomic E-state index is -7.22. The predicted molar refractivity (Wildman–Crippen MR) is 254 cm³/mol. The Bertz CT molecular complexity index is 2400. The first-order valence-electron chi connectivity index (χ1n) is 25.6. The first-order valence-corrected chi connectivity index (χ1v) is 25.6. The zero-order chi connectivity index (χ0) is 57.5. The molecule has 1 nitrogen and oxygen atoms in total. The Morgan fingerprint density at radius 1 is 0.273 bits per heavy atom. The Labute approximate surface area is 434 Å². The predicted octanol–water partition coefficient (Wildman–Crippen LogP) is 15.2. The molecule has 0 aliphatic rings. The van der Waals surface area contributed by atoms with E-state index in [4.69, 9.17) is 0 Å². The molecular formula is C55H58BF20N. The molecule has 5 rings (SSSR count). The molecule has 0 bridgehead atoms. The zero-order valence-corrected chi connectivity index (χ0v) is 42.5. The van der Waals surface area contributed by atoms with Crippen LogP contribution in [0.3, 0.4) is 0 Å². The summed E-state index contributed by atoms with van der Waals surface area (Å²) in [7, 11) is 0. The highest BCUT2D eigenvalue weighted by molar-refractivity contribution is 7.20. The number of hydrogen-bond donors (Lipinski definition) is 1. The second-order valence-corrected chi connectivity index (χ2v) is 19.1. The van der Waals surface area contributed by atoms with Crippen LogP contribution < -0.4 is 26.8 Å². The summed E-state index contributed by atoms with van der Waals surface area (Å²) in [5.74, 6) is -71.4. The molecule has 1 atom stereocenters. The standard InChI is InChI=1S/C31H57N.C24BF20/c1-4-6-8-10-12-14-15-16-17-19-21-25-29-32(31-27-23-22-26-30(31)3)28-24-20-18-13-11-9-7-5-2;26-5-1(6(27)14(35)21(42)13(5)34)25(2-7(28)15(36)22(43)16(37)8(2)29,3-9(30)17(38)23(44)18(39)10(3)31)4-11(32)19(40)24(45)20(41)12(4)33/h22-23,26-27H,4-21,24-25,28-29H2,1-3H3;/q;-1/p+1. The minimum absolute atomic E-state index is 1.32. The fourth-order valence-electron chi connectivity index (χ4n) is 9.89. The number of aryl methyl sites for hydroxylation is 1. The van der Waals surface area contributed by atoms with Gasteiger partial charge in [-0.1, -0.05) is 135 Å². The fraction of sp³-hybridized carbons (Fsp3) is 0.455. The maximum atomic E-state index is 15.4. The van der Waals surface area contributed by atoms with Crippen LogP contribution in [0.1, 0.15) is 148 Å². The van der Waals surface area contributed by atoms with Gasteiger partial charge in [-0.25, -0.2) is 87.8 Å². The van der Waals surface area contributed by atoms with Crippen LogP contribution in [-0.4, -0.2) is 19.2 Å². The first-order chi connectivity index (χ1) is 36.5. The van der Waals surface area contributed by atoms with Crippen LogP contribution in [0, 0.1) is 123 Å². The van der Waals surface area contributed by atoms with Crippen molar-refractivity contribution in [1.29, 1.82) is 0 Å². The highest BCUT2D eigenvalue weighted by atomic mass is 19.2. The van der Waals surface area contributed by atoms with E-state index >= 15 is 35.1 Å². The zero-order valence-electron chi connectivity index (χ0n) is 42.5. The van der Waals surface area contributed by atoms with Gasteiger partial charge in [-0.3, -0.25) is 0 Å². The van der Waals surface area contributed by atoms with Gasteiger partial charge in [0.25, 0.3) is 0 Å². The molecule has 0 heterocycles. The molecule has 1 unspecified atom stereocenters. The molecule has 0 amide bonds. The van der Waals surface area contributed by atoms with Crippen LogP contribution in [0.4, 0.5) is 93.5 Å². The number of quaternary nitrogens is 1. The number of para-hydroxylation sites is 1. The summed E-state index contributed by atoms with van der Waals surface area (Å²) in [6.07, 6.45) is 21.4. The normalized spacial score (nSPS) is 12.1. The Morgan fingerprint density at radius 3 is 0.688 bits per heavy atom. The van der Waals surface area contributed by atoms with Crippen LogP contribution >= 0.6 is 0 Å². The van der Waals surface area contributed by atoms with Crippen LogP contribution in [0.2, 0.25) is 0 Å². The average Bonchev–Trinajstić information content (AvgIpc) is 3.48. The summed E-state index contributed by atoms with van der Waals surface area (Å²) in [5.41, 5.74) is -11.3. The second-order valence-electron chi connectivity index (χ2n) is 19.1. The van der Waals surface area contributed by atoms with Crippen molar-refractivity contribution in [3.63, 3.8) is 0 Å². The lowest BCUT2D eigenvalue weighted by Crippen LogP contribution is -3.07. The molecule has 0 spiro atoms. The average molecular weight is 1120 g/mol. The number of rotatable bonds is 27. The molecule has 0 fully saturated rings. The molecule has 22 heteroatoms. The van der Waals surface area contributed by atoms with Crippen LogP contribution in [0.5, 0.6) is 0 Å². The summed E-state index contributed by atoms with van der Waals surface area (Å²) in [6.45, 7) is 9.54. The van der Waals surface area contributed by atoms with E-state index in [9.17, 15) is 52.7 Å². The van der Waals surface area contributed by atoms with E-state index in [1.807, 2.05) is 0 Å². The first kappa shape index (κ1) is 64.3. The van der Waals surface area contributed by atoms with Crippen molar-refractivity contribution in [3.05, 3.63) is 146 Å². The van der Waals surface area contributed by atoms with E-state index in [-0.39, 0.29) is 0 Å². The SMILES string of the molecule is CCCCCCCCCCCCCC[NH+](CCCCCCCCCC)c1ccccc1C.Fc1c(F)c(F)c([B-](c2c(F)c(F)c(F)c(F)c2F)(c2c(F)c(F)c(F)c(F)c2F)c2c(F)c(F)c(F)c(F)c2F)c(F)c1F. The van der Waals surface area contributed by atoms with Crippen molar-refractivity contribution in [1.82, 2.24) is 0 Å². The van der Waals surface area contributed by atoms with Gasteiger partial charge in [0, 0.05) is 5.56 Å². The van der Waals surface area contributed by atoms with Crippen molar-refractivity contribution in [2.24, 2.45) is 0 Å². The third-order valence-electron chi connectivity index (χ3n) is 13.9. The molecule has 0 aromatic heterocycles. The van der Waals surface area contributed by atoms with Crippen LogP contribution in [0.15, 0.2) is 24.3 Å². The van der Waals surface area contributed by atoms with Gasteiger partial charge in [0.2, 0.25) is 0 Å². The lowest BCUT2D eigenvalue weighted by Gasteiger charge is -2.44. The number of benzene rings is 5. The minimum Gasteiger partial charge on any atom is -0.302 e. The van der Waals surface area contributed by atoms with Crippen molar-refractivity contribution < 1.29 is 92.7 Å². The van der Waals surface area contributed by atoms with Crippen molar-refractivity contribution in [2.75, 3.05) is 13.1 Å². The third kappa shape index (κ3) is 14.1. The molecule has 5 aromatic carbocycles. The Hall–Kier alpha value is -5.28. The molecule has 77 heavy (non-hydrogen) atoms. The van der Waals surface area contributed by atoms with Gasteiger partial charge in [0.1, 0.15) is 58.4 Å². The highest BCUT2D eigenvalue weighted by Crippen LogP contribution is 2.31. The largest absolute Gasteiger partial charge is 0.302 e. The Morgan fingerprint density at radius 2 is 0.468 bits per heavy atom. The lowest BCUT2D eigenvalue weighted by molar-refractivity contribution is -0.833. The van der Waals surface area contributed by atoms with E-state index in [1.54, 1.807) is 10.6 Å². The Balaban J connectivity index is 0.000000354. The molecule has 426 valence electrons. The second kappa shape index (κ2) is 29.6. The summed E-state index contributed by atoms with van der Waals surface area (Å²) in [5, 5.41) is 0. The van der Waals surface area contributed by atoms with Crippen molar-refractivity contribution >= 4 is 33.7 Å². The number of hydrogen-bond acceptors (Lipinski definition) is 0. The maximum Gasteiger partial charge on any atom is 0.200 e. The Kier molecular flexibility index (Phi) is 24.7. The van der Waals surface area contributed by atoms with Gasteiger partial charge in [-0.05, 0) is 38.7 Å².